The summed E-state index contributed by atoms with van der Waals surface area (Å²) in [5, 5.41) is 3.28. The fraction of sp³-hybridized carbons (Fsp3) is 0.600. The molecule has 1 aliphatic heterocycles. The van der Waals surface area contributed by atoms with Crippen LogP contribution in [0.5, 0.6) is 0 Å². The Morgan fingerprint density at radius 2 is 1.71 bits per heavy atom. The SMILES string of the molecule is CC.CNc1ccccc1C1(C)CCOCC1. The largest absolute Gasteiger partial charge is 0.388 e. The van der Waals surface area contributed by atoms with Gasteiger partial charge >= 0.3 is 0 Å². The molecule has 0 unspecified atom stereocenters. The molecule has 1 fully saturated rings. The second-order valence-electron chi connectivity index (χ2n) is 4.47. The molecule has 0 aromatic heterocycles. The maximum absolute atomic E-state index is 5.44. The van der Waals surface area contributed by atoms with Gasteiger partial charge in [0.1, 0.15) is 0 Å². The number of ether oxygens (including phenoxy) is 1. The van der Waals surface area contributed by atoms with E-state index >= 15 is 0 Å². The van der Waals surface area contributed by atoms with Crippen LogP contribution in [0, 0.1) is 0 Å². The number of benzene rings is 1. The Bertz CT molecular complexity index is 329. The molecule has 0 atom stereocenters. The van der Waals surface area contributed by atoms with Crippen molar-refractivity contribution in [3.63, 3.8) is 0 Å². The Hall–Kier alpha value is -1.02. The molecule has 1 aromatic carbocycles. The Morgan fingerprint density at radius 3 is 2.29 bits per heavy atom. The second kappa shape index (κ2) is 6.65. The summed E-state index contributed by atoms with van der Waals surface area (Å²) in [6.07, 6.45) is 2.23. The average Bonchev–Trinajstić information content (AvgIpc) is 2.42. The standard InChI is InChI=1S/C13H19NO.C2H6/c1-13(7-9-15-10-8-13)11-5-3-4-6-12(11)14-2;1-2/h3-6,14H,7-10H2,1-2H3;1-2H3. The molecule has 2 nitrogen and oxygen atoms in total. The molecule has 96 valence electrons. The van der Waals surface area contributed by atoms with E-state index in [9.17, 15) is 0 Å². The molecule has 0 radical (unpaired) electrons. The summed E-state index contributed by atoms with van der Waals surface area (Å²) in [5.74, 6) is 0. The highest BCUT2D eigenvalue weighted by Gasteiger charge is 2.30. The highest BCUT2D eigenvalue weighted by atomic mass is 16.5. The van der Waals surface area contributed by atoms with Gasteiger partial charge in [0.05, 0.1) is 0 Å². The van der Waals surface area contributed by atoms with Gasteiger partial charge in [0.2, 0.25) is 0 Å². The summed E-state index contributed by atoms with van der Waals surface area (Å²) in [5.41, 5.74) is 2.95. The van der Waals surface area contributed by atoms with Gasteiger partial charge in [-0.15, -0.1) is 0 Å². The molecule has 0 bridgehead atoms. The van der Waals surface area contributed by atoms with Crippen LogP contribution in [-0.2, 0) is 10.2 Å². The van der Waals surface area contributed by atoms with Crippen LogP contribution in [0.2, 0.25) is 0 Å². The van der Waals surface area contributed by atoms with Crippen molar-refractivity contribution < 1.29 is 4.74 Å². The lowest BCUT2D eigenvalue weighted by Gasteiger charge is -2.35. The summed E-state index contributed by atoms with van der Waals surface area (Å²) in [6, 6.07) is 8.59. The number of hydrogen-bond acceptors (Lipinski definition) is 2. The lowest BCUT2D eigenvalue weighted by atomic mass is 9.75. The lowest BCUT2D eigenvalue weighted by Crippen LogP contribution is -2.31. The van der Waals surface area contributed by atoms with Crippen LogP contribution in [0.15, 0.2) is 24.3 Å². The fourth-order valence-electron chi connectivity index (χ4n) is 2.32. The van der Waals surface area contributed by atoms with Crippen LogP contribution in [0.4, 0.5) is 5.69 Å². The number of hydrogen-bond donors (Lipinski definition) is 1. The van der Waals surface area contributed by atoms with E-state index in [0.717, 1.165) is 26.1 Å². The van der Waals surface area contributed by atoms with Crippen molar-refractivity contribution in [2.45, 2.75) is 39.0 Å². The molecule has 0 amide bonds. The smallest absolute Gasteiger partial charge is 0.0474 e. The van der Waals surface area contributed by atoms with Crippen molar-refractivity contribution in [3.05, 3.63) is 29.8 Å². The first-order valence-corrected chi connectivity index (χ1v) is 6.61. The van der Waals surface area contributed by atoms with Crippen LogP contribution in [-0.4, -0.2) is 20.3 Å². The van der Waals surface area contributed by atoms with E-state index in [1.807, 2.05) is 20.9 Å². The number of anilines is 1. The van der Waals surface area contributed by atoms with Crippen molar-refractivity contribution in [2.75, 3.05) is 25.6 Å². The molecule has 1 aromatic rings. The highest BCUT2D eigenvalue weighted by molar-refractivity contribution is 5.54. The minimum absolute atomic E-state index is 0.276. The van der Waals surface area contributed by atoms with Crippen molar-refractivity contribution in [2.24, 2.45) is 0 Å². The molecule has 1 aliphatic rings. The van der Waals surface area contributed by atoms with E-state index < -0.39 is 0 Å². The van der Waals surface area contributed by atoms with E-state index in [2.05, 4.69) is 36.5 Å². The molecule has 0 saturated carbocycles. The van der Waals surface area contributed by atoms with Crippen LogP contribution in [0.1, 0.15) is 39.2 Å². The quantitative estimate of drug-likeness (QED) is 0.841. The summed E-state index contributed by atoms with van der Waals surface area (Å²) >= 11 is 0. The predicted molar refractivity (Wildman–Crippen MR) is 74.7 cm³/mol. The van der Waals surface area contributed by atoms with E-state index in [1.165, 1.54) is 11.3 Å². The second-order valence-corrected chi connectivity index (χ2v) is 4.47. The van der Waals surface area contributed by atoms with Crippen LogP contribution in [0.25, 0.3) is 0 Å². The Balaban J connectivity index is 0.000000686. The molecule has 2 heteroatoms. The number of rotatable bonds is 2. The molecule has 0 spiro atoms. The average molecular weight is 235 g/mol. The Morgan fingerprint density at radius 1 is 1.12 bits per heavy atom. The zero-order chi connectivity index (χ0) is 12.7. The van der Waals surface area contributed by atoms with Crippen LogP contribution >= 0.6 is 0 Å². The van der Waals surface area contributed by atoms with Gasteiger partial charge in [0.15, 0.2) is 0 Å². The molecule has 2 rings (SSSR count). The summed E-state index contributed by atoms with van der Waals surface area (Å²) in [7, 11) is 1.99. The third-order valence-electron chi connectivity index (χ3n) is 3.44. The third-order valence-corrected chi connectivity index (χ3v) is 3.44. The van der Waals surface area contributed by atoms with E-state index in [-0.39, 0.29) is 5.41 Å². The van der Waals surface area contributed by atoms with E-state index in [0.29, 0.717) is 0 Å². The van der Waals surface area contributed by atoms with E-state index in [1.54, 1.807) is 0 Å². The lowest BCUT2D eigenvalue weighted by molar-refractivity contribution is 0.0566. The topological polar surface area (TPSA) is 21.3 Å². The van der Waals surface area contributed by atoms with Crippen molar-refractivity contribution in [1.29, 1.82) is 0 Å². The molecule has 1 heterocycles. The third kappa shape index (κ3) is 3.22. The molecule has 0 aliphatic carbocycles. The first kappa shape index (κ1) is 14.0. The van der Waals surface area contributed by atoms with E-state index in [4.69, 9.17) is 4.74 Å². The maximum Gasteiger partial charge on any atom is 0.0474 e. The first-order chi connectivity index (χ1) is 8.26. The normalized spacial score (nSPS) is 17.9. The van der Waals surface area contributed by atoms with Crippen molar-refractivity contribution >= 4 is 5.69 Å². The fourth-order valence-corrected chi connectivity index (χ4v) is 2.32. The molecule has 1 N–H and O–H groups in total. The highest BCUT2D eigenvalue weighted by Crippen LogP contribution is 2.37. The van der Waals surface area contributed by atoms with Gasteiger partial charge in [-0.05, 0) is 29.9 Å². The monoisotopic (exact) mass is 235 g/mol. The van der Waals surface area contributed by atoms with Gasteiger partial charge in [-0.3, -0.25) is 0 Å². The first-order valence-electron chi connectivity index (χ1n) is 6.61. The maximum atomic E-state index is 5.44. The summed E-state index contributed by atoms with van der Waals surface area (Å²) in [4.78, 5) is 0. The van der Waals surface area contributed by atoms with Crippen molar-refractivity contribution in [1.82, 2.24) is 0 Å². The molecular weight excluding hydrogens is 210 g/mol. The minimum Gasteiger partial charge on any atom is -0.388 e. The predicted octanol–water partition coefficient (Wildman–Crippen LogP) is 3.82. The summed E-state index contributed by atoms with van der Waals surface area (Å²) in [6.45, 7) is 8.11. The molecular formula is C15H25NO. The zero-order valence-corrected chi connectivity index (χ0v) is 11.5. The van der Waals surface area contributed by atoms with Gasteiger partial charge in [-0.2, -0.15) is 0 Å². The summed E-state index contributed by atoms with van der Waals surface area (Å²) < 4.78 is 5.44. The van der Waals surface area contributed by atoms with Gasteiger partial charge in [0, 0.05) is 25.9 Å². The van der Waals surface area contributed by atoms with Gasteiger partial charge in [-0.1, -0.05) is 39.0 Å². The van der Waals surface area contributed by atoms with Gasteiger partial charge in [-0.25, -0.2) is 0 Å². The molecule has 17 heavy (non-hydrogen) atoms. The van der Waals surface area contributed by atoms with Crippen LogP contribution < -0.4 is 5.32 Å². The molecule has 1 saturated heterocycles. The van der Waals surface area contributed by atoms with Gasteiger partial charge < -0.3 is 10.1 Å². The Labute approximate surface area is 105 Å². The number of nitrogens with one attached hydrogen (secondary N) is 1. The van der Waals surface area contributed by atoms with Crippen molar-refractivity contribution in [3.8, 4) is 0 Å². The minimum atomic E-state index is 0.276. The zero-order valence-electron chi connectivity index (χ0n) is 11.5. The number of para-hydroxylation sites is 1. The van der Waals surface area contributed by atoms with Gasteiger partial charge in [0.25, 0.3) is 0 Å². The Kier molecular flexibility index (Phi) is 5.49. The van der Waals surface area contributed by atoms with Crippen LogP contribution in [0.3, 0.4) is 0 Å².